The molecule has 0 fully saturated rings. The second-order valence-electron chi connectivity index (χ2n) is 6.52. The first kappa shape index (κ1) is 33.9. The maximum Gasteiger partial charge on any atom is 0.460 e. The van der Waals surface area contributed by atoms with E-state index in [1.54, 1.807) is 0 Å². The molecule has 0 amide bonds. The summed E-state index contributed by atoms with van der Waals surface area (Å²) in [7, 11) is 0. The number of rotatable bonds is 10. The molecule has 21 heteroatoms. The van der Waals surface area contributed by atoms with Crippen molar-refractivity contribution in [2.45, 2.75) is 67.4 Å². The summed E-state index contributed by atoms with van der Waals surface area (Å²) >= 11 is 0. The van der Waals surface area contributed by atoms with E-state index < -0.39 is 77.8 Å². The van der Waals surface area contributed by atoms with Gasteiger partial charge in [0.1, 0.15) is 5.57 Å². The van der Waals surface area contributed by atoms with E-state index in [1.807, 2.05) is 0 Å². The highest BCUT2D eigenvalue weighted by Crippen LogP contribution is 2.65. The lowest BCUT2D eigenvalue weighted by Gasteiger charge is -2.43. The predicted molar refractivity (Wildman–Crippen MR) is 76.0 cm³/mol. The fourth-order valence-electron chi connectivity index (χ4n) is 2.17. The third-order valence-electron chi connectivity index (χ3n) is 4.24. The van der Waals surface area contributed by atoms with Gasteiger partial charge in [-0.25, -0.2) is 4.79 Å². The van der Waals surface area contributed by atoms with Crippen molar-refractivity contribution in [3.63, 3.8) is 0 Å². The molecule has 0 bridgehead atoms. The summed E-state index contributed by atoms with van der Waals surface area (Å²) in [6.45, 7) is -0.0456. The molecule has 0 aliphatic heterocycles. The van der Waals surface area contributed by atoms with Gasteiger partial charge in [0.2, 0.25) is 0 Å². The van der Waals surface area contributed by atoms with Gasteiger partial charge in [0.15, 0.2) is 0 Å². The van der Waals surface area contributed by atoms with Gasteiger partial charge < -0.3 is 4.74 Å². The first-order chi connectivity index (χ1) is 15.4. The van der Waals surface area contributed by atoms with E-state index in [0.717, 1.165) is 6.92 Å². The van der Waals surface area contributed by atoms with Gasteiger partial charge in [-0.15, -0.1) is 0 Å². The molecule has 0 unspecified atom stereocenters. The average Bonchev–Trinajstić information content (AvgIpc) is 2.66. The molecule has 0 rings (SSSR count). The third-order valence-corrected chi connectivity index (χ3v) is 4.24. The van der Waals surface area contributed by atoms with Crippen LogP contribution in [-0.4, -0.2) is 66.1 Å². The number of carbonyl (C=O) groups is 1. The zero-order valence-corrected chi connectivity index (χ0v) is 16.8. The zero-order valence-electron chi connectivity index (χ0n) is 16.8. The van der Waals surface area contributed by atoms with E-state index in [4.69, 9.17) is 0 Å². The Kier molecular flexibility index (Phi) is 8.49. The smallest absolute Gasteiger partial charge is 0.460 e. The average molecular weight is 582 g/mol. The van der Waals surface area contributed by atoms with Crippen LogP contribution < -0.4 is 0 Å². The zero-order chi connectivity index (χ0) is 29.8. The second-order valence-corrected chi connectivity index (χ2v) is 6.52. The fourth-order valence-corrected chi connectivity index (χ4v) is 2.17. The van der Waals surface area contributed by atoms with Crippen molar-refractivity contribution in [1.29, 1.82) is 0 Å². The van der Waals surface area contributed by atoms with Gasteiger partial charge in [0, 0.05) is 0 Å². The summed E-state index contributed by atoms with van der Waals surface area (Å²) in [5.74, 6) is -70.5. The standard InChI is InChI=1S/C15H9F19O2/c1-3-5(6(35)36-4-2)7(16,17)8(18,19)9(20,21)10(22,23)11(24,25)12(26,27)13(28,29)14(30,31)15(32,33)34/h3H,4H2,1-2H3. The van der Waals surface area contributed by atoms with Crippen LogP contribution in [-0.2, 0) is 9.53 Å². The van der Waals surface area contributed by atoms with Gasteiger partial charge in [0.05, 0.1) is 6.61 Å². The maximum absolute atomic E-state index is 13.9. The number of esters is 1. The Bertz CT molecular complexity index is 851. The lowest BCUT2D eigenvalue weighted by atomic mass is 9.86. The Morgan fingerprint density at radius 2 is 0.833 bits per heavy atom. The topological polar surface area (TPSA) is 26.3 Å². The fraction of sp³-hybridized carbons (Fsp3) is 0.800. The summed E-state index contributed by atoms with van der Waals surface area (Å²) in [4.78, 5) is 11.2. The van der Waals surface area contributed by atoms with E-state index in [-0.39, 0.29) is 6.92 Å². The van der Waals surface area contributed by atoms with Crippen molar-refractivity contribution in [2.75, 3.05) is 6.61 Å². The molecule has 0 heterocycles. The van der Waals surface area contributed by atoms with E-state index in [2.05, 4.69) is 4.74 Å². The number of alkyl halides is 19. The predicted octanol–water partition coefficient (Wildman–Crippen LogP) is 7.14. The first-order valence-electron chi connectivity index (χ1n) is 8.36. The largest absolute Gasteiger partial charge is 0.462 e. The van der Waals surface area contributed by atoms with Gasteiger partial charge in [-0.2, -0.15) is 83.4 Å². The van der Waals surface area contributed by atoms with Crippen LogP contribution in [0.4, 0.5) is 83.4 Å². The highest BCUT2D eigenvalue weighted by atomic mass is 19.4. The number of allylic oxidation sites excluding steroid dienone is 1. The maximum atomic E-state index is 13.9. The van der Waals surface area contributed by atoms with Crippen molar-refractivity contribution in [3.8, 4) is 0 Å². The van der Waals surface area contributed by atoms with Gasteiger partial charge in [-0.1, -0.05) is 6.08 Å². The molecule has 0 aliphatic carbocycles. The minimum atomic E-state index is -9.01. The third kappa shape index (κ3) is 4.22. The Balaban J connectivity index is 7.08. The van der Waals surface area contributed by atoms with Crippen molar-refractivity contribution < 1.29 is 92.9 Å². The Hall–Kier alpha value is -2.12. The summed E-state index contributed by atoms with van der Waals surface area (Å²) in [6.07, 6.45) is -8.46. The summed E-state index contributed by atoms with van der Waals surface area (Å²) in [5.41, 5.74) is -2.98. The highest BCUT2D eigenvalue weighted by Gasteiger charge is 2.96. The molecular formula is C15H9F19O2. The van der Waals surface area contributed by atoms with E-state index >= 15 is 0 Å². The van der Waals surface area contributed by atoms with Crippen LogP contribution in [0.15, 0.2) is 11.6 Å². The molecule has 0 N–H and O–H groups in total. The molecule has 0 saturated carbocycles. The summed E-state index contributed by atoms with van der Waals surface area (Å²) in [6, 6.07) is 0. The van der Waals surface area contributed by atoms with E-state index in [9.17, 15) is 88.2 Å². The molecular weight excluding hydrogens is 573 g/mol. The molecule has 214 valence electrons. The monoisotopic (exact) mass is 582 g/mol. The lowest BCUT2D eigenvalue weighted by molar-refractivity contribution is -0.467. The van der Waals surface area contributed by atoms with Crippen molar-refractivity contribution in [2.24, 2.45) is 0 Å². The summed E-state index contributed by atoms with van der Waals surface area (Å²) < 4.78 is 255. The molecule has 2 nitrogen and oxygen atoms in total. The molecule has 0 aromatic carbocycles. The van der Waals surface area contributed by atoms with Crippen LogP contribution in [0.25, 0.3) is 0 Å². The SMILES string of the molecule is CC=C(C(=O)OCC)C(F)(F)C(F)(F)C(F)(F)C(F)(F)C(F)(F)C(F)(F)C(F)(F)C(F)(F)C(F)(F)F. The molecule has 0 aromatic heterocycles. The van der Waals surface area contributed by atoms with Crippen molar-refractivity contribution >= 4 is 5.97 Å². The van der Waals surface area contributed by atoms with E-state index in [1.165, 1.54) is 0 Å². The Labute approximate surface area is 186 Å². The van der Waals surface area contributed by atoms with Gasteiger partial charge >= 0.3 is 59.5 Å². The van der Waals surface area contributed by atoms with E-state index in [0.29, 0.717) is 0 Å². The molecule has 36 heavy (non-hydrogen) atoms. The van der Waals surface area contributed by atoms with Gasteiger partial charge in [0.25, 0.3) is 0 Å². The summed E-state index contributed by atoms with van der Waals surface area (Å²) in [5, 5.41) is 0. The molecule has 0 aromatic rings. The number of carbonyl (C=O) groups excluding carboxylic acids is 1. The molecule has 0 spiro atoms. The Morgan fingerprint density at radius 1 is 0.556 bits per heavy atom. The molecule has 0 saturated heterocycles. The van der Waals surface area contributed by atoms with Gasteiger partial charge in [-0.3, -0.25) is 0 Å². The van der Waals surface area contributed by atoms with Crippen molar-refractivity contribution in [3.05, 3.63) is 11.6 Å². The van der Waals surface area contributed by atoms with Crippen LogP contribution in [0.5, 0.6) is 0 Å². The van der Waals surface area contributed by atoms with Crippen LogP contribution in [0.2, 0.25) is 0 Å². The minimum absolute atomic E-state index is 0.162. The van der Waals surface area contributed by atoms with Crippen LogP contribution in [0, 0.1) is 0 Å². The Morgan fingerprint density at radius 3 is 1.08 bits per heavy atom. The van der Waals surface area contributed by atoms with Crippen LogP contribution in [0.1, 0.15) is 13.8 Å². The number of ether oxygens (including phenoxy) is 1. The normalized spacial score (nSPS) is 16.3. The molecule has 0 radical (unpaired) electrons. The lowest BCUT2D eigenvalue weighted by Crippen LogP contribution is -2.76. The number of halogens is 19. The first-order valence-corrected chi connectivity index (χ1v) is 8.36. The quantitative estimate of drug-likeness (QED) is 0.156. The van der Waals surface area contributed by atoms with Crippen LogP contribution in [0.3, 0.4) is 0 Å². The number of hydrogen-bond acceptors (Lipinski definition) is 2. The van der Waals surface area contributed by atoms with Gasteiger partial charge in [-0.05, 0) is 13.8 Å². The van der Waals surface area contributed by atoms with Crippen LogP contribution >= 0.6 is 0 Å². The molecule has 0 aliphatic rings. The number of hydrogen-bond donors (Lipinski definition) is 0. The minimum Gasteiger partial charge on any atom is -0.462 e. The highest BCUT2D eigenvalue weighted by molar-refractivity contribution is 5.90. The molecule has 0 atom stereocenters. The second kappa shape index (κ2) is 9.02. The van der Waals surface area contributed by atoms with Crippen molar-refractivity contribution in [1.82, 2.24) is 0 Å².